The highest BCUT2D eigenvalue weighted by Crippen LogP contribution is 2.13. The number of hydrogen-bond acceptors (Lipinski definition) is 5. The number of rotatable bonds is 1. The molecule has 1 rings (SSSR count). The molecule has 0 bridgehead atoms. The molecular weight excluding hydrogens is 198 g/mol. The topological polar surface area (TPSA) is 90.6 Å². The Balaban J connectivity index is 0.000000265. The minimum atomic E-state index is -0.720. The summed E-state index contributed by atoms with van der Waals surface area (Å²) in [6.45, 7) is 3.05. The summed E-state index contributed by atoms with van der Waals surface area (Å²) in [6, 6.07) is 5.70. The van der Waals surface area contributed by atoms with Crippen LogP contribution < -0.4 is 0 Å². The monoisotopic (exact) mass is 207 g/mol. The van der Waals surface area contributed by atoms with Crippen LogP contribution in [0.5, 0.6) is 11.5 Å². The maximum absolute atomic E-state index is 9.85. The van der Waals surface area contributed by atoms with Crippen LogP contribution in [0, 0.1) is 11.5 Å². The standard InChI is InChI=1S/C6H6O2.C4H3NO2/c7-5-1-2-6(8)4-3-5;1-2-4(6)7-3-5/h1-4,7-8H;2H,1H2. The Morgan fingerprint density at radius 3 is 1.93 bits per heavy atom. The van der Waals surface area contributed by atoms with E-state index >= 15 is 0 Å². The maximum Gasteiger partial charge on any atom is 0.345 e. The van der Waals surface area contributed by atoms with Crippen molar-refractivity contribution in [3.63, 3.8) is 0 Å². The minimum absolute atomic E-state index is 0.169. The molecule has 0 amide bonds. The molecule has 1 aromatic rings. The van der Waals surface area contributed by atoms with Crippen molar-refractivity contribution >= 4 is 5.97 Å². The van der Waals surface area contributed by atoms with Crippen molar-refractivity contribution in [3.05, 3.63) is 36.9 Å². The Morgan fingerprint density at radius 1 is 1.33 bits per heavy atom. The van der Waals surface area contributed by atoms with E-state index in [0.717, 1.165) is 6.08 Å². The van der Waals surface area contributed by atoms with Crippen molar-refractivity contribution in [2.45, 2.75) is 0 Å². The Morgan fingerprint density at radius 2 is 1.73 bits per heavy atom. The largest absolute Gasteiger partial charge is 0.508 e. The zero-order valence-corrected chi connectivity index (χ0v) is 7.75. The van der Waals surface area contributed by atoms with Crippen LogP contribution in [0.25, 0.3) is 0 Å². The Bertz CT molecular complexity index is 343. The number of aromatic hydroxyl groups is 2. The summed E-state index contributed by atoms with van der Waals surface area (Å²) in [5.74, 6) is -0.381. The average Bonchev–Trinajstić information content (AvgIpc) is 2.24. The van der Waals surface area contributed by atoms with Crippen molar-refractivity contribution in [1.82, 2.24) is 0 Å². The number of hydrogen-bond donors (Lipinski definition) is 2. The Hall–Kier alpha value is -2.48. The van der Waals surface area contributed by atoms with Gasteiger partial charge in [0.25, 0.3) is 6.26 Å². The number of nitrogens with zero attached hydrogens (tertiary/aromatic N) is 1. The van der Waals surface area contributed by atoms with Gasteiger partial charge in [-0.15, -0.1) is 5.26 Å². The molecule has 0 radical (unpaired) electrons. The van der Waals surface area contributed by atoms with Gasteiger partial charge in [-0.2, -0.15) is 0 Å². The van der Waals surface area contributed by atoms with Gasteiger partial charge in [0.05, 0.1) is 0 Å². The lowest BCUT2D eigenvalue weighted by atomic mass is 10.3. The van der Waals surface area contributed by atoms with E-state index in [1.807, 2.05) is 0 Å². The van der Waals surface area contributed by atoms with Crippen LogP contribution in [0.1, 0.15) is 0 Å². The van der Waals surface area contributed by atoms with Gasteiger partial charge in [0.2, 0.25) is 0 Å². The SMILES string of the molecule is C=CC(=O)OC#N.Oc1ccc(O)cc1. The first-order chi connectivity index (χ1) is 7.10. The smallest absolute Gasteiger partial charge is 0.345 e. The summed E-state index contributed by atoms with van der Waals surface area (Å²) in [6.07, 6.45) is 2.12. The summed E-state index contributed by atoms with van der Waals surface area (Å²) in [5, 5.41) is 24.9. The van der Waals surface area contributed by atoms with Gasteiger partial charge in [-0.25, -0.2) is 4.79 Å². The van der Waals surface area contributed by atoms with Crippen LogP contribution in [-0.4, -0.2) is 16.2 Å². The fourth-order valence-electron chi connectivity index (χ4n) is 0.539. The van der Waals surface area contributed by atoms with Gasteiger partial charge in [0.15, 0.2) is 0 Å². The molecule has 0 aliphatic carbocycles. The molecule has 0 aliphatic rings. The second-order valence-corrected chi connectivity index (χ2v) is 2.23. The molecule has 78 valence electrons. The zero-order valence-electron chi connectivity index (χ0n) is 7.75. The number of carbonyl (C=O) groups excluding carboxylic acids is 1. The van der Waals surface area contributed by atoms with Crippen LogP contribution in [-0.2, 0) is 9.53 Å². The summed E-state index contributed by atoms with van der Waals surface area (Å²) >= 11 is 0. The molecule has 0 unspecified atom stereocenters. The molecule has 5 heteroatoms. The lowest BCUT2D eigenvalue weighted by Gasteiger charge is -1.88. The summed E-state index contributed by atoms with van der Waals surface area (Å²) in [7, 11) is 0. The number of ether oxygens (including phenoxy) is 1. The highest BCUT2D eigenvalue weighted by atomic mass is 16.5. The van der Waals surface area contributed by atoms with Gasteiger partial charge in [0, 0.05) is 6.08 Å². The fourth-order valence-corrected chi connectivity index (χ4v) is 0.539. The van der Waals surface area contributed by atoms with E-state index in [0.29, 0.717) is 0 Å². The molecule has 0 saturated carbocycles. The molecule has 0 aromatic heterocycles. The van der Waals surface area contributed by atoms with Gasteiger partial charge in [0.1, 0.15) is 11.5 Å². The summed E-state index contributed by atoms with van der Waals surface area (Å²) in [4.78, 5) is 9.85. The van der Waals surface area contributed by atoms with Gasteiger partial charge < -0.3 is 14.9 Å². The number of benzene rings is 1. The van der Waals surface area contributed by atoms with E-state index in [-0.39, 0.29) is 11.5 Å². The lowest BCUT2D eigenvalue weighted by molar-refractivity contribution is -0.131. The van der Waals surface area contributed by atoms with E-state index < -0.39 is 5.97 Å². The number of nitriles is 1. The first-order valence-corrected chi connectivity index (χ1v) is 3.80. The maximum atomic E-state index is 9.85. The second kappa shape index (κ2) is 6.97. The number of phenols is 2. The third-order valence-corrected chi connectivity index (χ3v) is 1.16. The van der Waals surface area contributed by atoms with Gasteiger partial charge in [-0.05, 0) is 24.3 Å². The molecule has 0 atom stereocenters. The molecule has 0 saturated heterocycles. The Kier molecular flexibility index (Phi) is 5.82. The van der Waals surface area contributed by atoms with Crippen LogP contribution in [0.3, 0.4) is 0 Å². The van der Waals surface area contributed by atoms with Crippen molar-refractivity contribution in [1.29, 1.82) is 5.26 Å². The molecule has 15 heavy (non-hydrogen) atoms. The quantitative estimate of drug-likeness (QED) is 0.313. The highest BCUT2D eigenvalue weighted by molar-refractivity contribution is 5.81. The second-order valence-electron chi connectivity index (χ2n) is 2.23. The minimum Gasteiger partial charge on any atom is -0.508 e. The molecule has 5 nitrogen and oxygen atoms in total. The van der Waals surface area contributed by atoms with Crippen LogP contribution in [0.2, 0.25) is 0 Å². The molecule has 0 heterocycles. The van der Waals surface area contributed by atoms with Crippen molar-refractivity contribution in [2.75, 3.05) is 0 Å². The van der Waals surface area contributed by atoms with Crippen LogP contribution in [0.4, 0.5) is 0 Å². The molecule has 0 aliphatic heterocycles. The van der Waals surface area contributed by atoms with Gasteiger partial charge >= 0.3 is 5.97 Å². The predicted molar refractivity (Wildman–Crippen MR) is 51.7 cm³/mol. The van der Waals surface area contributed by atoms with Crippen molar-refractivity contribution < 1.29 is 19.7 Å². The van der Waals surface area contributed by atoms with Crippen LogP contribution >= 0.6 is 0 Å². The number of phenolic OH excluding ortho intramolecular Hbond substituents is 2. The first kappa shape index (κ1) is 12.5. The van der Waals surface area contributed by atoms with Crippen molar-refractivity contribution in [3.8, 4) is 17.8 Å². The van der Waals surface area contributed by atoms with E-state index in [1.165, 1.54) is 30.5 Å². The van der Waals surface area contributed by atoms with Gasteiger partial charge in [-0.3, -0.25) is 0 Å². The Labute approximate surface area is 86.5 Å². The van der Waals surface area contributed by atoms with Crippen molar-refractivity contribution in [2.24, 2.45) is 0 Å². The summed E-state index contributed by atoms with van der Waals surface area (Å²) in [5.41, 5.74) is 0. The van der Waals surface area contributed by atoms with E-state index in [4.69, 9.17) is 15.5 Å². The van der Waals surface area contributed by atoms with E-state index in [1.54, 1.807) is 0 Å². The first-order valence-electron chi connectivity index (χ1n) is 3.80. The average molecular weight is 207 g/mol. The molecule has 0 spiro atoms. The van der Waals surface area contributed by atoms with Crippen LogP contribution in [0.15, 0.2) is 36.9 Å². The third kappa shape index (κ3) is 6.66. The van der Waals surface area contributed by atoms with Gasteiger partial charge in [-0.1, -0.05) is 6.58 Å². The van der Waals surface area contributed by atoms with E-state index in [2.05, 4.69) is 11.3 Å². The molecule has 1 aromatic carbocycles. The lowest BCUT2D eigenvalue weighted by Crippen LogP contribution is -1.91. The molecule has 0 fully saturated rings. The predicted octanol–water partition coefficient (Wildman–Crippen LogP) is 1.29. The highest BCUT2D eigenvalue weighted by Gasteiger charge is 1.87. The fraction of sp³-hybridized carbons (Fsp3) is 0. The third-order valence-electron chi connectivity index (χ3n) is 1.16. The zero-order chi connectivity index (χ0) is 11.7. The number of esters is 1. The summed E-state index contributed by atoms with van der Waals surface area (Å²) < 4.78 is 3.74. The normalized spacial score (nSPS) is 7.67. The van der Waals surface area contributed by atoms with E-state index in [9.17, 15) is 4.79 Å². The molecule has 2 N–H and O–H groups in total. The molecular formula is C10H9NO4. The number of carbonyl (C=O) groups is 1.